The fraction of sp³-hybridized carbons (Fsp3) is 0.120. The molecule has 194 valence electrons. The third-order valence-corrected chi connectivity index (χ3v) is 8.15. The van der Waals surface area contributed by atoms with Crippen molar-refractivity contribution in [2.75, 3.05) is 12.4 Å². The van der Waals surface area contributed by atoms with Crippen LogP contribution in [0.25, 0.3) is 22.0 Å². The number of aromatic amines is 1. The van der Waals surface area contributed by atoms with Crippen molar-refractivity contribution in [1.29, 1.82) is 0 Å². The number of halogens is 2. The Hall–Kier alpha value is -4.23. The summed E-state index contributed by atoms with van der Waals surface area (Å²) in [5, 5.41) is 12.8. The molecule has 0 saturated carbocycles. The van der Waals surface area contributed by atoms with Crippen molar-refractivity contribution in [1.82, 2.24) is 20.2 Å². The van der Waals surface area contributed by atoms with Crippen LogP contribution in [0.15, 0.2) is 59.1 Å². The molecular weight excluding hydrogens is 536 g/mol. The van der Waals surface area contributed by atoms with E-state index in [1.807, 2.05) is 0 Å². The van der Waals surface area contributed by atoms with Gasteiger partial charge in [-0.05, 0) is 42.8 Å². The van der Waals surface area contributed by atoms with E-state index in [0.717, 1.165) is 17.1 Å². The normalized spacial score (nSPS) is 11.6. The summed E-state index contributed by atoms with van der Waals surface area (Å²) in [6.07, 6.45) is 3.06. The molecule has 0 saturated heterocycles. The molecule has 2 N–H and O–H groups in total. The molecule has 0 unspecified atom stereocenters. The van der Waals surface area contributed by atoms with E-state index in [1.165, 1.54) is 24.6 Å². The Morgan fingerprint density at radius 3 is 2.66 bits per heavy atom. The van der Waals surface area contributed by atoms with E-state index < -0.39 is 38.0 Å². The second kappa shape index (κ2) is 9.91. The molecule has 13 heteroatoms. The maximum atomic E-state index is 14.3. The van der Waals surface area contributed by atoms with Crippen molar-refractivity contribution in [3.63, 3.8) is 0 Å². The SMILES string of the molecule is COc1ncc(-c2cc(NC(=O)c3csc(C)n3)c3cn[nH]c3c2)cc1CS(=O)(=O)c1ccc(F)cc1F. The summed E-state index contributed by atoms with van der Waals surface area (Å²) in [5.74, 6) is -3.07. The molecule has 1 amide bonds. The average molecular weight is 556 g/mol. The molecule has 5 aromatic rings. The van der Waals surface area contributed by atoms with Gasteiger partial charge in [-0.15, -0.1) is 11.3 Å². The van der Waals surface area contributed by atoms with E-state index in [1.54, 1.807) is 36.7 Å². The van der Waals surface area contributed by atoms with Crippen LogP contribution in [0, 0.1) is 18.6 Å². The highest BCUT2D eigenvalue weighted by molar-refractivity contribution is 7.90. The van der Waals surface area contributed by atoms with Gasteiger partial charge in [0.2, 0.25) is 5.88 Å². The second-order valence-corrected chi connectivity index (χ2v) is 11.3. The number of hydrogen-bond donors (Lipinski definition) is 2. The lowest BCUT2D eigenvalue weighted by atomic mass is 10.0. The second-order valence-electron chi connectivity index (χ2n) is 8.29. The summed E-state index contributed by atoms with van der Waals surface area (Å²) in [6.45, 7) is 1.80. The minimum atomic E-state index is -4.21. The Balaban J connectivity index is 1.53. The van der Waals surface area contributed by atoms with Gasteiger partial charge in [0.15, 0.2) is 9.84 Å². The molecule has 38 heavy (non-hydrogen) atoms. The Morgan fingerprint density at radius 1 is 1.13 bits per heavy atom. The first kappa shape index (κ1) is 25.4. The number of benzene rings is 2. The van der Waals surface area contributed by atoms with E-state index in [2.05, 4.69) is 25.5 Å². The lowest BCUT2D eigenvalue weighted by molar-refractivity contribution is 0.102. The number of ether oxygens (including phenoxy) is 1. The molecule has 0 radical (unpaired) electrons. The standard InChI is InChI=1S/C25H19F2N5O4S2/c1-13-30-22(11-37-13)24(33)31-20-6-14(7-21-18(20)10-29-32-21)15-5-16(25(36-2)28-9-15)12-38(34,35)23-4-3-17(26)8-19(23)27/h3-11H,12H2,1-2H3,(H,29,32)(H,31,33). The summed E-state index contributed by atoms with van der Waals surface area (Å²) >= 11 is 1.36. The summed E-state index contributed by atoms with van der Waals surface area (Å²) in [5.41, 5.74) is 2.62. The predicted octanol–water partition coefficient (Wildman–Crippen LogP) is 4.90. The first-order valence-electron chi connectivity index (χ1n) is 11.1. The van der Waals surface area contributed by atoms with Gasteiger partial charge in [0.25, 0.3) is 5.91 Å². The van der Waals surface area contributed by atoms with Gasteiger partial charge in [0, 0.05) is 34.2 Å². The molecule has 3 heterocycles. The van der Waals surface area contributed by atoms with Crippen molar-refractivity contribution < 1.29 is 26.7 Å². The van der Waals surface area contributed by atoms with E-state index in [0.29, 0.717) is 33.8 Å². The van der Waals surface area contributed by atoms with Crippen LogP contribution in [-0.2, 0) is 15.6 Å². The number of rotatable bonds is 7. The molecule has 2 aromatic carbocycles. The number of aryl methyl sites for hydroxylation is 1. The van der Waals surface area contributed by atoms with Gasteiger partial charge >= 0.3 is 0 Å². The maximum absolute atomic E-state index is 14.3. The number of carbonyl (C=O) groups excluding carboxylic acids is 1. The van der Waals surface area contributed by atoms with Gasteiger partial charge < -0.3 is 10.1 Å². The molecule has 0 aliphatic rings. The lowest BCUT2D eigenvalue weighted by Crippen LogP contribution is -2.12. The van der Waals surface area contributed by atoms with Crippen molar-refractivity contribution in [2.24, 2.45) is 0 Å². The number of thiazole rings is 1. The van der Waals surface area contributed by atoms with Gasteiger partial charge in [-0.2, -0.15) is 5.10 Å². The number of anilines is 1. The van der Waals surface area contributed by atoms with Gasteiger partial charge in [-0.25, -0.2) is 27.2 Å². The van der Waals surface area contributed by atoms with Crippen LogP contribution < -0.4 is 10.1 Å². The largest absolute Gasteiger partial charge is 0.481 e. The molecule has 0 aliphatic carbocycles. The molecule has 0 fully saturated rings. The molecule has 9 nitrogen and oxygen atoms in total. The van der Waals surface area contributed by atoms with Crippen LogP contribution in [0.4, 0.5) is 14.5 Å². The number of fused-ring (bicyclic) bond motifs is 1. The topological polar surface area (TPSA) is 127 Å². The van der Waals surface area contributed by atoms with Crippen LogP contribution in [-0.4, -0.2) is 41.6 Å². The number of carbonyl (C=O) groups is 1. The number of nitrogens with one attached hydrogen (secondary N) is 2. The molecule has 0 bridgehead atoms. The summed E-state index contributed by atoms with van der Waals surface area (Å²) in [4.78, 5) is 20.6. The van der Waals surface area contributed by atoms with Gasteiger partial charge in [-0.1, -0.05) is 0 Å². The minimum absolute atomic E-state index is 0.0369. The van der Waals surface area contributed by atoms with Crippen LogP contribution in [0.2, 0.25) is 0 Å². The number of aromatic nitrogens is 4. The van der Waals surface area contributed by atoms with Crippen molar-refractivity contribution >= 4 is 43.7 Å². The molecule has 5 rings (SSSR count). The number of amides is 1. The highest BCUT2D eigenvalue weighted by atomic mass is 32.2. The third kappa shape index (κ3) is 4.97. The van der Waals surface area contributed by atoms with Crippen molar-refractivity contribution in [3.05, 3.63) is 82.1 Å². The number of H-pyrrole nitrogens is 1. The Labute approximate surface area is 219 Å². The predicted molar refractivity (Wildman–Crippen MR) is 138 cm³/mol. The van der Waals surface area contributed by atoms with E-state index in [4.69, 9.17) is 4.74 Å². The zero-order valence-corrected chi connectivity index (χ0v) is 21.6. The average Bonchev–Trinajstić information content (AvgIpc) is 3.52. The monoisotopic (exact) mass is 555 g/mol. The van der Waals surface area contributed by atoms with Crippen LogP contribution in [0.3, 0.4) is 0 Å². The fourth-order valence-corrected chi connectivity index (χ4v) is 5.92. The molecule has 0 spiro atoms. The molecule has 0 atom stereocenters. The third-order valence-electron chi connectivity index (χ3n) is 5.69. The number of pyridine rings is 1. The van der Waals surface area contributed by atoms with E-state index >= 15 is 0 Å². The lowest BCUT2D eigenvalue weighted by Gasteiger charge is -2.13. The maximum Gasteiger partial charge on any atom is 0.275 e. The quantitative estimate of drug-likeness (QED) is 0.274. The van der Waals surface area contributed by atoms with E-state index in [-0.39, 0.29) is 17.1 Å². The van der Waals surface area contributed by atoms with Gasteiger partial charge in [0.1, 0.15) is 22.2 Å². The van der Waals surface area contributed by atoms with Crippen molar-refractivity contribution in [3.8, 4) is 17.0 Å². The van der Waals surface area contributed by atoms with Crippen LogP contribution in [0.5, 0.6) is 5.88 Å². The summed E-state index contributed by atoms with van der Waals surface area (Å²) in [7, 11) is -2.88. The van der Waals surface area contributed by atoms with Gasteiger partial charge in [-0.3, -0.25) is 9.89 Å². The number of methoxy groups -OCH3 is 1. The minimum Gasteiger partial charge on any atom is -0.481 e. The Bertz CT molecular complexity index is 1800. The molecule has 3 aromatic heterocycles. The number of hydrogen-bond acceptors (Lipinski definition) is 8. The van der Waals surface area contributed by atoms with Gasteiger partial charge in [0.05, 0.1) is 35.3 Å². The highest BCUT2D eigenvalue weighted by Gasteiger charge is 2.23. The Kier molecular flexibility index (Phi) is 6.63. The zero-order valence-electron chi connectivity index (χ0n) is 20.0. The smallest absolute Gasteiger partial charge is 0.275 e. The fourth-order valence-electron chi connectivity index (χ4n) is 3.93. The molecular formula is C25H19F2N5O4S2. The summed E-state index contributed by atoms with van der Waals surface area (Å²) < 4.78 is 58.8. The Morgan fingerprint density at radius 2 is 1.95 bits per heavy atom. The number of sulfone groups is 1. The number of nitrogens with zero attached hydrogens (tertiary/aromatic N) is 3. The summed E-state index contributed by atoms with van der Waals surface area (Å²) in [6, 6.07) is 7.31. The zero-order chi connectivity index (χ0) is 27.0. The first-order valence-corrected chi connectivity index (χ1v) is 13.6. The van der Waals surface area contributed by atoms with Crippen LogP contribution >= 0.6 is 11.3 Å². The highest BCUT2D eigenvalue weighted by Crippen LogP contribution is 2.33. The van der Waals surface area contributed by atoms with Crippen LogP contribution in [0.1, 0.15) is 21.1 Å². The van der Waals surface area contributed by atoms with Crippen molar-refractivity contribution in [2.45, 2.75) is 17.6 Å². The van der Waals surface area contributed by atoms with E-state index in [9.17, 15) is 22.0 Å². The molecule has 0 aliphatic heterocycles. The first-order chi connectivity index (χ1) is 18.1.